The van der Waals surface area contributed by atoms with Crippen molar-refractivity contribution in [1.29, 1.82) is 0 Å². The molecule has 0 radical (unpaired) electrons. The van der Waals surface area contributed by atoms with Crippen molar-refractivity contribution in [2.24, 2.45) is 0 Å². The largest absolute Gasteiger partial charge is 0.310 e. The van der Waals surface area contributed by atoms with E-state index in [9.17, 15) is 12.8 Å². The first kappa shape index (κ1) is 16.7. The van der Waals surface area contributed by atoms with Crippen molar-refractivity contribution >= 4 is 22.4 Å². The zero-order valence-corrected chi connectivity index (χ0v) is 13.5. The molecule has 0 aromatic heterocycles. The number of sulfonamides is 1. The van der Waals surface area contributed by atoms with Gasteiger partial charge in [0.15, 0.2) is 0 Å². The molecule has 0 saturated carbocycles. The van der Waals surface area contributed by atoms with E-state index in [0.29, 0.717) is 24.7 Å². The minimum atomic E-state index is -3.59. The van der Waals surface area contributed by atoms with Crippen molar-refractivity contribution in [3.05, 3.63) is 29.6 Å². The SMILES string of the molecule is Cc1ccc(S(=O)(=O)N2CCC3CCC(C2)N3)cc1F.Cl. The number of hydrogen-bond acceptors (Lipinski definition) is 3. The Morgan fingerprint density at radius 3 is 2.67 bits per heavy atom. The predicted octanol–water partition coefficient (Wildman–Crippen LogP) is 2.07. The molecule has 118 valence electrons. The van der Waals surface area contributed by atoms with Gasteiger partial charge in [0.2, 0.25) is 10.0 Å². The number of fused-ring (bicyclic) bond motifs is 2. The fraction of sp³-hybridized carbons (Fsp3) is 0.571. The van der Waals surface area contributed by atoms with E-state index in [1.807, 2.05) is 0 Å². The topological polar surface area (TPSA) is 49.4 Å². The summed E-state index contributed by atoms with van der Waals surface area (Å²) in [7, 11) is -3.59. The molecule has 2 saturated heterocycles. The summed E-state index contributed by atoms with van der Waals surface area (Å²) in [4.78, 5) is 0.0540. The molecule has 0 amide bonds. The molecule has 2 atom stereocenters. The average molecular weight is 335 g/mol. The Bertz CT molecular complexity index is 623. The van der Waals surface area contributed by atoms with E-state index in [-0.39, 0.29) is 23.3 Å². The molecule has 2 unspecified atom stereocenters. The molecule has 2 aliphatic rings. The number of aryl methyl sites for hydroxylation is 1. The second kappa shape index (κ2) is 6.20. The van der Waals surface area contributed by atoms with Crippen LogP contribution in [0.5, 0.6) is 0 Å². The highest BCUT2D eigenvalue weighted by atomic mass is 35.5. The van der Waals surface area contributed by atoms with Crippen LogP contribution in [0.25, 0.3) is 0 Å². The van der Waals surface area contributed by atoms with Crippen LogP contribution in [0.3, 0.4) is 0 Å². The standard InChI is InChI=1S/C14H19FN2O2S.ClH/c1-10-2-5-13(8-14(10)15)20(18,19)17-7-6-11-3-4-12(9-17)16-11;/h2,5,8,11-12,16H,3-4,6-7,9H2,1H3;1H. The van der Waals surface area contributed by atoms with Crippen LogP contribution in [0.15, 0.2) is 23.1 Å². The third-order valence-corrected chi connectivity index (χ3v) is 6.13. The third kappa shape index (κ3) is 3.23. The molecule has 0 spiro atoms. The number of halogens is 2. The number of rotatable bonds is 2. The lowest BCUT2D eigenvalue weighted by atomic mass is 10.1. The summed E-state index contributed by atoms with van der Waals surface area (Å²) < 4.78 is 40.3. The quantitative estimate of drug-likeness (QED) is 0.900. The fourth-order valence-corrected chi connectivity index (χ4v) is 4.52. The molecule has 3 rings (SSSR count). The molecule has 1 aromatic carbocycles. The van der Waals surface area contributed by atoms with Gasteiger partial charge in [-0.3, -0.25) is 0 Å². The summed E-state index contributed by atoms with van der Waals surface area (Å²) in [6, 6.07) is 4.79. The lowest BCUT2D eigenvalue weighted by Crippen LogP contribution is -2.39. The first-order valence-corrected chi connectivity index (χ1v) is 8.43. The molecular formula is C14H20ClFN2O2S. The molecular weight excluding hydrogens is 315 g/mol. The first-order chi connectivity index (χ1) is 9.46. The minimum absolute atomic E-state index is 0. The Hall–Kier alpha value is -0.690. The van der Waals surface area contributed by atoms with Crippen LogP contribution < -0.4 is 5.32 Å². The highest BCUT2D eigenvalue weighted by Crippen LogP contribution is 2.25. The third-order valence-electron chi connectivity index (χ3n) is 4.27. The minimum Gasteiger partial charge on any atom is -0.310 e. The van der Waals surface area contributed by atoms with Crippen molar-refractivity contribution in [3.63, 3.8) is 0 Å². The smallest absolute Gasteiger partial charge is 0.243 e. The van der Waals surface area contributed by atoms with Crippen LogP contribution in [0.1, 0.15) is 24.8 Å². The lowest BCUT2D eigenvalue weighted by Gasteiger charge is -2.23. The average Bonchev–Trinajstić information content (AvgIpc) is 2.71. The fourth-order valence-electron chi connectivity index (χ4n) is 3.01. The van der Waals surface area contributed by atoms with Crippen LogP contribution in [-0.2, 0) is 10.0 Å². The van der Waals surface area contributed by atoms with Gasteiger partial charge in [-0.15, -0.1) is 12.4 Å². The summed E-state index contributed by atoms with van der Waals surface area (Å²) in [5, 5.41) is 3.45. The zero-order valence-electron chi connectivity index (χ0n) is 11.9. The van der Waals surface area contributed by atoms with Gasteiger partial charge >= 0.3 is 0 Å². The van der Waals surface area contributed by atoms with Gasteiger partial charge in [0.05, 0.1) is 4.90 Å². The first-order valence-electron chi connectivity index (χ1n) is 6.99. The van der Waals surface area contributed by atoms with Gasteiger partial charge in [0, 0.05) is 25.2 Å². The van der Waals surface area contributed by atoms with E-state index in [2.05, 4.69) is 5.32 Å². The number of hydrogen-bond donors (Lipinski definition) is 1. The van der Waals surface area contributed by atoms with E-state index in [1.54, 1.807) is 6.92 Å². The van der Waals surface area contributed by atoms with Gasteiger partial charge in [-0.25, -0.2) is 12.8 Å². The van der Waals surface area contributed by atoms with E-state index in [0.717, 1.165) is 25.3 Å². The summed E-state index contributed by atoms with van der Waals surface area (Å²) in [6.45, 7) is 2.61. The molecule has 7 heteroatoms. The van der Waals surface area contributed by atoms with E-state index in [4.69, 9.17) is 0 Å². The molecule has 0 aliphatic carbocycles. The second-order valence-electron chi connectivity index (χ2n) is 5.70. The van der Waals surface area contributed by atoms with Crippen LogP contribution in [-0.4, -0.2) is 37.9 Å². The molecule has 1 N–H and O–H groups in total. The second-order valence-corrected chi connectivity index (χ2v) is 7.64. The Morgan fingerprint density at radius 1 is 1.24 bits per heavy atom. The van der Waals surface area contributed by atoms with Crippen molar-refractivity contribution < 1.29 is 12.8 Å². The van der Waals surface area contributed by atoms with Crippen molar-refractivity contribution in [3.8, 4) is 0 Å². The molecule has 21 heavy (non-hydrogen) atoms. The van der Waals surface area contributed by atoms with Crippen LogP contribution in [0.2, 0.25) is 0 Å². The molecule has 2 aliphatic heterocycles. The predicted molar refractivity (Wildman–Crippen MR) is 81.7 cm³/mol. The van der Waals surface area contributed by atoms with Gasteiger partial charge in [-0.1, -0.05) is 6.07 Å². The Morgan fingerprint density at radius 2 is 1.95 bits per heavy atom. The van der Waals surface area contributed by atoms with E-state index < -0.39 is 15.8 Å². The number of benzene rings is 1. The van der Waals surface area contributed by atoms with Gasteiger partial charge < -0.3 is 5.32 Å². The number of nitrogens with one attached hydrogen (secondary N) is 1. The molecule has 2 fully saturated rings. The molecule has 2 bridgehead atoms. The van der Waals surface area contributed by atoms with E-state index >= 15 is 0 Å². The zero-order chi connectivity index (χ0) is 14.3. The number of nitrogens with zero attached hydrogens (tertiary/aromatic N) is 1. The van der Waals surface area contributed by atoms with Gasteiger partial charge in [0.25, 0.3) is 0 Å². The van der Waals surface area contributed by atoms with Crippen LogP contribution >= 0.6 is 12.4 Å². The summed E-state index contributed by atoms with van der Waals surface area (Å²) in [5.41, 5.74) is 0.459. The molecule has 4 nitrogen and oxygen atoms in total. The lowest BCUT2D eigenvalue weighted by molar-refractivity contribution is 0.383. The Kier molecular flexibility index (Phi) is 4.92. The molecule has 2 heterocycles. The maximum Gasteiger partial charge on any atom is 0.243 e. The van der Waals surface area contributed by atoms with E-state index in [1.165, 1.54) is 16.4 Å². The van der Waals surface area contributed by atoms with Crippen LogP contribution in [0.4, 0.5) is 4.39 Å². The Labute approximate surface area is 131 Å². The highest BCUT2D eigenvalue weighted by molar-refractivity contribution is 7.89. The van der Waals surface area contributed by atoms with Crippen LogP contribution in [0, 0.1) is 12.7 Å². The normalized spacial score (nSPS) is 26.2. The molecule has 1 aromatic rings. The van der Waals surface area contributed by atoms with Crippen molar-refractivity contribution in [2.45, 2.75) is 43.2 Å². The summed E-state index contributed by atoms with van der Waals surface area (Å²) in [5.74, 6) is -0.472. The Balaban J connectivity index is 0.00000161. The summed E-state index contributed by atoms with van der Waals surface area (Å²) in [6.07, 6.45) is 2.96. The van der Waals surface area contributed by atoms with Gasteiger partial charge in [-0.2, -0.15) is 4.31 Å². The summed E-state index contributed by atoms with van der Waals surface area (Å²) >= 11 is 0. The maximum absolute atomic E-state index is 13.6. The highest BCUT2D eigenvalue weighted by Gasteiger charge is 2.35. The van der Waals surface area contributed by atoms with Gasteiger partial charge in [-0.05, 0) is 43.9 Å². The van der Waals surface area contributed by atoms with Gasteiger partial charge in [0.1, 0.15) is 5.82 Å². The van der Waals surface area contributed by atoms with Crippen molar-refractivity contribution in [1.82, 2.24) is 9.62 Å². The monoisotopic (exact) mass is 334 g/mol. The van der Waals surface area contributed by atoms with Crippen molar-refractivity contribution in [2.75, 3.05) is 13.1 Å². The maximum atomic E-state index is 13.6.